The molecule has 192 valence electrons. The van der Waals surface area contributed by atoms with Crippen molar-refractivity contribution in [2.45, 2.75) is 26.0 Å². The lowest BCUT2D eigenvalue weighted by atomic mass is 9.94. The van der Waals surface area contributed by atoms with E-state index in [2.05, 4.69) is 0 Å². The lowest BCUT2D eigenvalue weighted by Gasteiger charge is -2.26. The number of methoxy groups -OCH3 is 2. The van der Waals surface area contributed by atoms with E-state index in [9.17, 15) is 14.7 Å². The maximum Gasteiger partial charge on any atom is 0.300 e. The predicted octanol–water partition coefficient (Wildman–Crippen LogP) is 6.42. The maximum atomic E-state index is 13.4. The summed E-state index contributed by atoms with van der Waals surface area (Å²) in [4.78, 5) is 28.1. The summed E-state index contributed by atoms with van der Waals surface area (Å²) in [5.41, 5.74) is 0.998. The molecule has 1 unspecified atom stereocenters. The minimum Gasteiger partial charge on any atom is -0.507 e. The van der Waals surface area contributed by atoms with Gasteiger partial charge in [0.05, 0.1) is 42.5 Å². The number of halogens is 2. The molecule has 0 aliphatic carbocycles. The third-order valence-electron chi connectivity index (χ3n) is 5.83. The first-order valence-electron chi connectivity index (χ1n) is 11.4. The summed E-state index contributed by atoms with van der Waals surface area (Å²) in [6.45, 7) is 3.83. The number of ether oxygens (including phenoxy) is 3. The molecule has 3 aromatic carbocycles. The van der Waals surface area contributed by atoms with Crippen LogP contribution in [0, 0.1) is 0 Å². The Labute approximate surface area is 224 Å². The fraction of sp³-hybridized carbons (Fsp3) is 0.214. The SMILES string of the molecule is COc1ccc(N2C(=O)C(=O)/C(=C(/O)c3cc(Cl)cc(Cl)c3OC)C2c2ccc(OC(C)C)cc2)cc1. The maximum absolute atomic E-state index is 13.4. The molecule has 1 fully saturated rings. The van der Waals surface area contributed by atoms with Crippen LogP contribution in [0.4, 0.5) is 5.69 Å². The van der Waals surface area contributed by atoms with Gasteiger partial charge in [-0.05, 0) is 67.9 Å². The van der Waals surface area contributed by atoms with E-state index in [1.807, 2.05) is 13.8 Å². The third-order valence-corrected chi connectivity index (χ3v) is 6.33. The molecule has 0 saturated carbocycles. The Balaban J connectivity index is 1.94. The molecular formula is C28H25Cl2NO6. The summed E-state index contributed by atoms with van der Waals surface area (Å²) < 4.78 is 16.4. The Bertz CT molecular complexity index is 1370. The first-order valence-corrected chi connectivity index (χ1v) is 12.2. The molecule has 7 nitrogen and oxygen atoms in total. The number of carbonyl (C=O) groups is 2. The Morgan fingerprint density at radius 2 is 1.54 bits per heavy atom. The monoisotopic (exact) mass is 541 g/mol. The molecule has 1 saturated heterocycles. The van der Waals surface area contributed by atoms with Crippen molar-refractivity contribution in [3.05, 3.63) is 87.4 Å². The molecular weight excluding hydrogens is 517 g/mol. The average Bonchev–Trinajstić information content (AvgIpc) is 3.13. The molecule has 9 heteroatoms. The van der Waals surface area contributed by atoms with E-state index < -0.39 is 23.5 Å². The van der Waals surface area contributed by atoms with E-state index >= 15 is 0 Å². The summed E-state index contributed by atoms with van der Waals surface area (Å²) in [6, 6.07) is 15.6. The van der Waals surface area contributed by atoms with Gasteiger partial charge in [-0.25, -0.2) is 0 Å². The molecule has 3 aromatic rings. The van der Waals surface area contributed by atoms with Crippen molar-refractivity contribution in [3.63, 3.8) is 0 Å². The third kappa shape index (κ3) is 5.10. The molecule has 0 bridgehead atoms. The summed E-state index contributed by atoms with van der Waals surface area (Å²) in [6.07, 6.45) is -0.0316. The smallest absolute Gasteiger partial charge is 0.300 e. The van der Waals surface area contributed by atoms with E-state index in [4.69, 9.17) is 37.4 Å². The van der Waals surface area contributed by atoms with Crippen molar-refractivity contribution in [1.29, 1.82) is 0 Å². The van der Waals surface area contributed by atoms with Gasteiger partial charge in [-0.15, -0.1) is 0 Å². The second-order valence-electron chi connectivity index (χ2n) is 8.57. The normalized spacial score (nSPS) is 16.8. The second-order valence-corrected chi connectivity index (χ2v) is 9.41. The lowest BCUT2D eigenvalue weighted by Crippen LogP contribution is -2.29. The van der Waals surface area contributed by atoms with E-state index in [1.165, 1.54) is 31.3 Å². The van der Waals surface area contributed by atoms with Gasteiger partial charge in [-0.1, -0.05) is 35.3 Å². The summed E-state index contributed by atoms with van der Waals surface area (Å²) in [5.74, 6) is -0.777. The molecule has 1 aliphatic rings. The number of Topliss-reactive ketones (excluding diaryl/α,β-unsaturated/α-hetero) is 1. The zero-order valence-electron chi connectivity index (χ0n) is 20.6. The molecule has 0 spiro atoms. The predicted molar refractivity (Wildman–Crippen MR) is 143 cm³/mol. The van der Waals surface area contributed by atoms with Crippen LogP contribution in [-0.2, 0) is 9.59 Å². The fourth-order valence-corrected chi connectivity index (χ4v) is 4.82. The highest BCUT2D eigenvalue weighted by Gasteiger charge is 2.47. The van der Waals surface area contributed by atoms with Crippen LogP contribution >= 0.6 is 23.2 Å². The fourth-order valence-electron chi connectivity index (χ4n) is 4.25. The minimum atomic E-state index is -0.955. The molecule has 1 atom stereocenters. The molecule has 1 N–H and O–H groups in total. The van der Waals surface area contributed by atoms with Gasteiger partial charge < -0.3 is 19.3 Å². The van der Waals surface area contributed by atoms with Gasteiger partial charge in [-0.3, -0.25) is 14.5 Å². The number of aliphatic hydroxyl groups is 1. The summed E-state index contributed by atoms with van der Waals surface area (Å²) in [5, 5.41) is 11.8. The van der Waals surface area contributed by atoms with Crippen molar-refractivity contribution in [2.75, 3.05) is 19.1 Å². The molecule has 1 amide bonds. The summed E-state index contributed by atoms with van der Waals surface area (Å²) >= 11 is 12.5. The van der Waals surface area contributed by atoms with Crippen molar-refractivity contribution < 1.29 is 28.9 Å². The number of hydrogen-bond acceptors (Lipinski definition) is 6. The minimum absolute atomic E-state index is 0.0316. The Hall–Kier alpha value is -3.68. The second kappa shape index (κ2) is 10.7. The number of nitrogens with zero attached hydrogens (tertiary/aromatic N) is 1. The van der Waals surface area contributed by atoms with E-state index in [1.54, 1.807) is 48.5 Å². The van der Waals surface area contributed by atoms with Gasteiger partial charge in [0, 0.05) is 10.7 Å². The number of benzene rings is 3. The zero-order valence-corrected chi connectivity index (χ0v) is 22.1. The first-order chi connectivity index (χ1) is 17.7. The van der Waals surface area contributed by atoms with Gasteiger partial charge in [0.2, 0.25) is 0 Å². The molecule has 37 heavy (non-hydrogen) atoms. The molecule has 4 rings (SSSR count). The van der Waals surface area contributed by atoms with Crippen molar-refractivity contribution in [2.24, 2.45) is 0 Å². The van der Waals surface area contributed by atoms with Crippen molar-refractivity contribution in [3.8, 4) is 17.2 Å². The van der Waals surface area contributed by atoms with Crippen LogP contribution in [0.15, 0.2) is 66.2 Å². The molecule has 0 radical (unpaired) electrons. The molecule has 0 aromatic heterocycles. The lowest BCUT2D eigenvalue weighted by molar-refractivity contribution is -0.132. The van der Waals surface area contributed by atoms with Crippen LogP contribution in [0.1, 0.15) is 31.0 Å². The van der Waals surface area contributed by atoms with E-state index in [0.29, 0.717) is 22.7 Å². The average molecular weight is 542 g/mol. The van der Waals surface area contributed by atoms with Gasteiger partial charge in [0.15, 0.2) is 0 Å². The van der Waals surface area contributed by atoms with Crippen LogP contribution in [0.2, 0.25) is 10.0 Å². The van der Waals surface area contributed by atoms with Crippen molar-refractivity contribution >= 4 is 46.3 Å². The van der Waals surface area contributed by atoms with Crippen LogP contribution in [0.5, 0.6) is 17.2 Å². The van der Waals surface area contributed by atoms with Gasteiger partial charge in [0.1, 0.15) is 23.0 Å². The number of rotatable bonds is 7. The standard InChI is InChI=1S/C28H25Cl2NO6/c1-15(2)37-20-9-5-16(6-10-20)24-23(25(32)21-13-17(29)14-22(30)27(21)36-4)26(33)28(34)31(24)18-7-11-19(35-3)12-8-18/h5-15,24,32H,1-4H3/b25-23+. The number of aliphatic hydroxyl groups excluding tert-OH is 1. The van der Waals surface area contributed by atoms with Gasteiger partial charge in [0.25, 0.3) is 11.7 Å². The largest absolute Gasteiger partial charge is 0.507 e. The van der Waals surface area contributed by atoms with E-state index in [0.717, 1.165) is 0 Å². The van der Waals surface area contributed by atoms with Gasteiger partial charge >= 0.3 is 0 Å². The zero-order chi connectivity index (χ0) is 26.9. The number of hydrogen-bond donors (Lipinski definition) is 1. The first kappa shape index (κ1) is 26.4. The number of carbonyl (C=O) groups excluding carboxylic acids is 2. The quantitative estimate of drug-likeness (QED) is 0.211. The van der Waals surface area contributed by atoms with Crippen LogP contribution < -0.4 is 19.1 Å². The number of ketones is 1. The highest BCUT2D eigenvalue weighted by molar-refractivity contribution is 6.52. The number of amides is 1. The van der Waals surface area contributed by atoms with Crippen LogP contribution in [0.25, 0.3) is 5.76 Å². The van der Waals surface area contributed by atoms with Crippen LogP contribution in [0.3, 0.4) is 0 Å². The Morgan fingerprint density at radius 3 is 2.11 bits per heavy atom. The highest BCUT2D eigenvalue weighted by Crippen LogP contribution is 2.45. The van der Waals surface area contributed by atoms with Crippen LogP contribution in [-0.4, -0.2) is 37.1 Å². The van der Waals surface area contributed by atoms with E-state index in [-0.39, 0.29) is 33.0 Å². The highest BCUT2D eigenvalue weighted by atomic mass is 35.5. The molecule has 1 aliphatic heterocycles. The topological polar surface area (TPSA) is 85.3 Å². The Kier molecular flexibility index (Phi) is 7.66. The Morgan fingerprint density at radius 1 is 0.919 bits per heavy atom. The summed E-state index contributed by atoms with van der Waals surface area (Å²) in [7, 11) is 2.91. The van der Waals surface area contributed by atoms with Gasteiger partial charge in [-0.2, -0.15) is 0 Å². The number of anilines is 1. The molecule has 1 heterocycles. The van der Waals surface area contributed by atoms with Crippen molar-refractivity contribution in [1.82, 2.24) is 0 Å².